The predicted molar refractivity (Wildman–Crippen MR) is 72.9 cm³/mol. The third-order valence-corrected chi connectivity index (χ3v) is 6.28. The third-order valence-electron chi connectivity index (χ3n) is 4.13. The van der Waals surface area contributed by atoms with Crippen LogP contribution in [0.25, 0.3) is 0 Å². The van der Waals surface area contributed by atoms with Crippen LogP contribution in [-0.4, -0.2) is 32.0 Å². The Hall–Kier alpha value is -0.0900. The van der Waals surface area contributed by atoms with Crippen molar-refractivity contribution in [2.24, 2.45) is 11.3 Å². The average Bonchev–Trinajstić information content (AvgIpc) is 2.34. The molecule has 3 nitrogen and oxygen atoms in total. The molecular weight excluding hydrogens is 234 g/mol. The number of sulfone groups is 1. The summed E-state index contributed by atoms with van der Waals surface area (Å²) in [5.74, 6) is 0.625. The topological polar surface area (TPSA) is 46.2 Å². The highest BCUT2D eigenvalue weighted by Gasteiger charge is 2.38. The summed E-state index contributed by atoms with van der Waals surface area (Å²) in [6.45, 7) is 10.9. The quantitative estimate of drug-likeness (QED) is 0.844. The van der Waals surface area contributed by atoms with Crippen molar-refractivity contribution in [1.82, 2.24) is 5.32 Å². The van der Waals surface area contributed by atoms with Crippen molar-refractivity contribution >= 4 is 9.84 Å². The lowest BCUT2D eigenvalue weighted by Crippen LogP contribution is -2.46. The van der Waals surface area contributed by atoms with Crippen LogP contribution >= 0.6 is 0 Å². The van der Waals surface area contributed by atoms with E-state index in [2.05, 4.69) is 26.1 Å². The van der Waals surface area contributed by atoms with E-state index in [0.717, 1.165) is 6.42 Å². The van der Waals surface area contributed by atoms with Crippen LogP contribution in [0.1, 0.15) is 47.5 Å². The van der Waals surface area contributed by atoms with E-state index < -0.39 is 14.6 Å². The summed E-state index contributed by atoms with van der Waals surface area (Å²) >= 11 is 0. The average molecular weight is 261 g/mol. The molecule has 102 valence electrons. The van der Waals surface area contributed by atoms with E-state index >= 15 is 0 Å². The van der Waals surface area contributed by atoms with E-state index in [4.69, 9.17) is 0 Å². The van der Waals surface area contributed by atoms with Gasteiger partial charge >= 0.3 is 0 Å². The molecule has 1 N–H and O–H groups in total. The minimum atomic E-state index is -3.00. The molecule has 0 amide bonds. The molecule has 0 spiro atoms. The van der Waals surface area contributed by atoms with E-state index in [1.165, 1.54) is 12.7 Å². The summed E-state index contributed by atoms with van der Waals surface area (Å²) < 4.78 is 22.6. The van der Waals surface area contributed by atoms with Crippen molar-refractivity contribution in [3.63, 3.8) is 0 Å². The van der Waals surface area contributed by atoms with E-state index in [0.29, 0.717) is 23.9 Å². The maximum Gasteiger partial charge on any atom is 0.153 e. The molecule has 0 aliphatic heterocycles. The summed E-state index contributed by atoms with van der Waals surface area (Å²) in [4.78, 5) is 0. The molecule has 0 aromatic heterocycles. The summed E-state index contributed by atoms with van der Waals surface area (Å²) in [6, 6.07) is 0.450. The van der Waals surface area contributed by atoms with Gasteiger partial charge in [0.15, 0.2) is 9.84 Å². The van der Waals surface area contributed by atoms with Crippen LogP contribution in [-0.2, 0) is 9.84 Å². The Balaban J connectivity index is 2.59. The van der Waals surface area contributed by atoms with Crippen LogP contribution < -0.4 is 5.32 Å². The molecule has 1 fully saturated rings. The van der Waals surface area contributed by atoms with Gasteiger partial charge in [-0.05, 0) is 38.0 Å². The Labute approximate surface area is 106 Å². The Morgan fingerprint density at radius 3 is 2.18 bits per heavy atom. The van der Waals surface area contributed by atoms with Crippen molar-refractivity contribution in [3.8, 4) is 0 Å². The second-order valence-electron chi connectivity index (χ2n) is 7.07. The Bertz CT molecular complexity index is 371. The molecule has 0 aromatic rings. The Kier molecular flexibility index (Phi) is 4.00. The first-order valence-corrected chi connectivity index (χ1v) is 8.27. The number of nitrogens with one attached hydrogen (secondary N) is 1. The minimum Gasteiger partial charge on any atom is -0.312 e. The van der Waals surface area contributed by atoms with Crippen LogP contribution in [0.4, 0.5) is 0 Å². The highest BCUT2D eigenvalue weighted by molar-refractivity contribution is 7.92. The van der Waals surface area contributed by atoms with Gasteiger partial charge in [0.05, 0.1) is 4.75 Å². The maximum atomic E-state index is 11.6. The fourth-order valence-corrected chi connectivity index (χ4v) is 3.02. The Morgan fingerprint density at radius 2 is 1.82 bits per heavy atom. The molecule has 0 radical (unpaired) electrons. The van der Waals surface area contributed by atoms with Gasteiger partial charge in [-0.15, -0.1) is 0 Å². The fourth-order valence-electron chi connectivity index (χ4n) is 2.68. The first-order valence-electron chi connectivity index (χ1n) is 6.38. The van der Waals surface area contributed by atoms with Gasteiger partial charge in [-0.3, -0.25) is 0 Å². The van der Waals surface area contributed by atoms with E-state index in [1.807, 2.05) is 0 Å². The normalized spacial score (nSPS) is 29.5. The van der Waals surface area contributed by atoms with Crippen LogP contribution in [0.3, 0.4) is 0 Å². The van der Waals surface area contributed by atoms with Crippen molar-refractivity contribution in [2.75, 3.05) is 12.8 Å². The predicted octanol–water partition coefficient (Wildman–Crippen LogP) is 2.22. The van der Waals surface area contributed by atoms with Gasteiger partial charge in [-0.2, -0.15) is 0 Å². The van der Waals surface area contributed by atoms with Gasteiger partial charge in [-0.25, -0.2) is 8.42 Å². The van der Waals surface area contributed by atoms with Crippen LogP contribution in [0.5, 0.6) is 0 Å². The van der Waals surface area contributed by atoms with Crippen molar-refractivity contribution in [1.29, 1.82) is 0 Å². The molecule has 17 heavy (non-hydrogen) atoms. The van der Waals surface area contributed by atoms with Crippen LogP contribution in [0, 0.1) is 11.3 Å². The molecular formula is C13H27NO2S. The second kappa shape index (κ2) is 4.54. The first-order chi connectivity index (χ1) is 7.45. The largest absolute Gasteiger partial charge is 0.312 e. The smallest absolute Gasteiger partial charge is 0.153 e. The van der Waals surface area contributed by atoms with Crippen molar-refractivity contribution < 1.29 is 8.42 Å². The maximum absolute atomic E-state index is 11.6. The van der Waals surface area contributed by atoms with Crippen LogP contribution in [0.15, 0.2) is 0 Å². The van der Waals surface area contributed by atoms with Crippen molar-refractivity contribution in [2.45, 2.75) is 58.2 Å². The molecule has 0 bridgehead atoms. The molecule has 1 aliphatic rings. The highest BCUT2D eigenvalue weighted by atomic mass is 32.2. The summed E-state index contributed by atoms with van der Waals surface area (Å²) in [5, 5.41) is 3.45. The van der Waals surface area contributed by atoms with Gasteiger partial charge in [0.2, 0.25) is 0 Å². The second-order valence-corrected chi connectivity index (χ2v) is 9.72. The van der Waals surface area contributed by atoms with E-state index in [1.54, 1.807) is 13.8 Å². The number of hydrogen-bond donors (Lipinski definition) is 1. The lowest BCUT2D eigenvalue weighted by molar-refractivity contribution is 0.360. The number of hydrogen-bond acceptors (Lipinski definition) is 3. The summed E-state index contributed by atoms with van der Waals surface area (Å²) in [6.07, 6.45) is 3.66. The molecule has 2 unspecified atom stereocenters. The SMILES string of the molecule is CC1CC(C)(C)CC1NCC(C)(C)S(C)(=O)=O. The summed E-state index contributed by atoms with van der Waals surface area (Å²) in [5.41, 5.74) is 0.381. The minimum absolute atomic E-state index is 0.381. The molecule has 1 rings (SSSR count). The zero-order valence-electron chi connectivity index (χ0n) is 12.0. The molecule has 4 heteroatoms. The van der Waals surface area contributed by atoms with Crippen LogP contribution in [0.2, 0.25) is 0 Å². The molecule has 1 aliphatic carbocycles. The molecule has 0 aromatic carbocycles. The first kappa shape index (κ1) is 15.0. The Morgan fingerprint density at radius 1 is 1.29 bits per heavy atom. The van der Waals surface area contributed by atoms with Crippen molar-refractivity contribution in [3.05, 3.63) is 0 Å². The van der Waals surface area contributed by atoms with Gasteiger partial charge in [-0.1, -0.05) is 20.8 Å². The standard InChI is InChI=1S/C13H27NO2S/c1-10-7-12(2,3)8-11(10)14-9-13(4,5)17(6,15)16/h10-11,14H,7-9H2,1-6H3. The lowest BCUT2D eigenvalue weighted by atomic mass is 9.91. The zero-order valence-corrected chi connectivity index (χ0v) is 12.8. The summed E-state index contributed by atoms with van der Waals surface area (Å²) in [7, 11) is -3.00. The van der Waals surface area contributed by atoms with Gasteiger partial charge < -0.3 is 5.32 Å². The van der Waals surface area contributed by atoms with E-state index in [-0.39, 0.29) is 0 Å². The van der Waals surface area contributed by atoms with Gasteiger partial charge in [0.1, 0.15) is 0 Å². The monoisotopic (exact) mass is 261 g/mol. The van der Waals surface area contributed by atoms with Gasteiger partial charge in [0, 0.05) is 18.8 Å². The zero-order chi connectivity index (χ0) is 13.5. The number of rotatable bonds is 4. The fraction of sp³-hybridized carbons (Fsp3) is 1.00. The molecule has 0 saturated heterocycles. The lowest BCUT2D eigenvalue weighted by Gasteiger charge is -2.27. The third kappa shape index (κ3) is 3.68. The van der Waals surface area contributed by atoms with Gasteiger partial charge in [0.25, 0.3) is 0 Å². The molecule has 1 saturated carbocycles. The highest BCUT2D eigenvalue weighted by Crippen LogP contribution is 2.40. The molecule has 2 atom stereocenters. The van der Waals surface area contributed by atoms with E-state index in [9.17, 15) is 8.42 Å². The molecule has 0 heterocycles.